The predicted molar refractivity (Wildman–Crippen MR) is 80.1 cm³/mol. The molecule has 0 aliphatic carbocycles. The van der Waals surface area contributed by atoms with Gasteiger partial charge in [-0.2, -0.15) is 0 Å². The predicted octanol–water partition coefficient (Wildman–Crippen LogP) is 2.61. The van der Waals surface area contributed by atoms with Crippen molar-refractivity contribution >= 4 is 17.3 Å². The van der Waals surface area contributed by atoms with Crippen molar-refractivity contribution in [2.24, 2.45) is 5.73 Å². The van der Waals surface area contributed by atoms with E-state index in [1.807, 2.05) is 0 Å². The molecular weight excluding hydrogens is 270 g/mol. The Balaban J connectivity index is 2.23. The second-order valence-corrected chi connectivity index (χ2v) is 4.58. The number of nitrogens with one attached hydrogen (secondary N) is 1. The maximum atomic E-state index is 11.3. The number of hydrogen-bond donors (Lipinski definition) is 2. The minimum atomic E-state index is -0.498. The Kier molecular flexibility index (Phi) is 4.18. The summed E-state index contributed by atoms with van der Waals surface area (Å²) in [7, 11) is 0. The molecule has 0 fully saturated rings. The van der Waals surface area contributed by atoms with Crippen LogP contribution in [0.25, 0.3) is 0 Å². The molecule has 0 spiro atoms. The molecular formula is C15H15N3O3. The zero-order valence-corrected chi connectivity index (χ0v) is 11.5. The Morgan fingerprint density at radius 2 is 1.95 bits per heavy atom. The number of nitro groups is 1. The van der Waals surface area contributed by atoms with E-state index in [-0.39, 0.29) is 5.69 Å². The van der Waals surface area contributed by atoms with Crippen LogP contribution in [0.3, 0.4) is 0 Å². The lowest BCUT2D eigenvalue weighted by Gasteiger charge is -2.12. The molecule has 3 N–H and O–H groups in total. The highest BCUT2D eigenvalue weighted by molar-refractivity contribution is 5.95. The molecule has 0 aliphatic rings. The monoisotopic (exact) mass is 285 g/mol. The van der Waals surface area contributed by atoms with Gasteiger partial charge in [-0.15, -0.1) is 0 Å². The topological polar surface area (TPSA) is 98.3 Å². The fraction of sp³-hybridized carbons (Fsp3) is 0.133. The molecule has 0 radical (unpaired) electrons. The molecule has 2 aromatic carbocycles. The molecule has 2 aromatic rings. The highest BCUT2D eigenvalue weighted by Gasteiger charge is 2.13. The van der Waals surface area contributed by atoms with Crippen LogP contribution in [0.4, 0.5) is 11.4 Å². The highest BCUT2D eigenvalue weighted by atomic mass is 16.6. The van der Waals surface area contributed by atoms with E-state index >= 15 is 0 Å². The van der Waals surface area contributed by atoms with Crippen LogP contribution in [-0.4, -0.2) is 10.8 Å². The normalized spacial score (nSPS) is 10.1. The summed E-state index contributed by atoms with van der Waals surface area (Å²) in [4.78, 5) is 21.8. The number of nitrogens with zero attached hydrogens (tertiary/aromatic N) is 1. The molecule has 0 saturated heterocycles. The van der Waals surface area contributed by atoms with E-state index in [1.54, 1.807) is 43.3 Å². The van der Waals surface area contributed by atoms with Gasteiger partial charge in [-0.1, -0.05) is 24.3 Å². The number of carbonyl (C=O) groups is 1. The molecule has 0 heterocycles. The third-order valence-corrected chi connectivity index (χ3v) is 3.26. The summed E-state index contributed by atoms with van der Waals surface area (Å²) in [5.41, 5.74) is 7.82. The lowest BCUT2D eigenvalue weighted by molar-refractivity contribution is -0.385. The smallest absolute Gasteiger partial charge is 0.274 e. The van der Waals surface area contributed by atoms with Gasteiger partial charge in [0.2, 0.25) is 5.91 Å². The first-order valence-corrected chi connectivity index (χ1v) is 6.36. The number of carbonyl (C=O) groups excluding carboxylic acids is 1. The third kappa shape index (κ3) is 3.17. The van der Waals surface area contributed by atoms with E-state index in [0.717, 1.165) is 11.3 Å². The van der Waals surface area contributed by atoms with Crippen molar-refractivity contribution in [2.75, 3.05) is 5.32 Å². The summed E-state index contributed by atoms with van der Waals surface area (Å²) >= 11 is 0. The maximum absolute atomic E-state index is 11.3. The van der Waals surface area contributed by atoms with E-state index in [1.165, 1.54) is 6.07 Å². The van der Waals surface area contributed by atoms with Gasteiger partial charge in [0.25, 0.3) is 5.69 Å². The molecule has 0 unspecified atom stereocenters. The SMILES string of the molecule is Cc1c(NCc2ccccc2[N+](=O)[O-])cccc1C(N)=O. The summed E-state index contributed by atoms with van der Waals surface area (Å²) < 4.78 is 0. The van der Waals surface area contributed by atoms with E-state index < -0.39 is 10.8 Å². The van der Waals surface area contributed by atoms with E-state index in [2.05, 4.69) is 5.32 Å². The summed E-state index contributed by atoms with van der Waals surface area (Å²) in [6.07, 6.45) is 0. The van der Waals surface area contributed by atoms with Crippen LogP contribution in [0.2, 0.25) is 0 Å². The lowest BCUT2D eigenvalue weighted by Crippen LogP contribution is -2.14. The quantitative estimate of drug-likeness (QED) is 0.651. The van der Waals surface area contributed by atoms with Crippen molar-refractivity contribution in [3.05, 3.63) is 69.3 Å². The van der Waals surface area contributed by atoms with Gasteiger partial charge in [0.05, 0.1) is 4.92 Å². The number of rotatable bonds is 5. The van der Waals surface area contributed by atoms with Gasteiger partial charge >= 0.3 is 0 Å². The summed E-state index contributed by atoms with van der Waals surface area (Å²) in [5, 5.41) is 14.1. The van der Waals surface area contributed by atoms with Crippen molar-refractivity contribution in [3.8, 4) is 0 Å². The number of anilines is 1. The van der Waals surface area contributed by atoms with E-state index in [9.17, 15) is 14.9 Å². The Hall–Kier alpha value is -2.89. The van der Waals surface area contributed by atoms with Crippen LogP contribution in [0.5, 0.6) is 0 Å². The van der Waals surface area contributed by atoms with Gasteiger partial charge in [-0.3, -0.25) is 14.9 Å². The number of hydrogen-bond acceptors (Lipinski definition) is 4. The summed E-state index contributed by atoms with van der Waals surface area (Å²) in [6.45, 7) is 2.07. The van der Waals surface area contributed by atoms with Gasteiger partial charge in [0.15, 0.2) is 0 Å². The van der Waals surface area contributed by atoms with E-state index in [0.29, 0.717) is 17.7 Å². The largest absolute Gasteiger partial charge is 0.380 e. The molecule has 0 saturated carbocycles. The zero-order valence-electron chi connectivity index (χ0n) is 11.5. The molecule has 0 atom stereocenters. The molecule has 108 valence electrons. The minimum absolute atomic E-state index is 0.0636. The number of para-hydroxylation sites is 1. The molecule has 2 rings (SSSR count). The zero-order chi connectivity index (χ0) is 15.4. The second-order valence-electron chi connectivity index (χ2n) is 4.58. The Morgan fingerprint density at radius 1 is 1.24 bits per heavy atom. The van der Waals surface area contributed by atoms with Gasteiger partial charge < -0.3 is 11.1 Å². The molecule has 1 amide bonds. The highest BCUT2D eigenvalue weighted by Crippen LogP contribution is 2.22. The van der Waals surface area contributed by atoms with Gasteiger partial charge in [-0.05, 0) is 24.6 Å². The number of primary amides is 1. The van der Waals surface area contributed by atoms with Crippen molar-refractivity contribution in [2.45, 2.75) is 13.5 Å². The Labute approximate surface area is 121 Å². The average molecular weight is 285 g/mol. The van der Waals surface area contributed by atoms with Crippen molar-refractivity contribution in [1.29, 1.82) is 0 Å². The van der Waals surface area contributed by atoms with Crippen LogP contribution < -0.4 is 11.1 Å². The fourth-order valence-electron chi connectivity index (χ4n) is 2.12. The third-order valence-electron chi connectivity index (χ3n) is 3.26. The summed E-state index contributed by atoms with van der Waals surface area (Å²) in [6, 6.07) is 11.7. The van der Waals surface area contributed by atoms with Crippen LogP contribution >= 0.6 is 0 Å². The first kappa shape index (κ1) is 14.5. The fourth-order valence-corrected chi connectivity index (χ4v) is 2.12. The van der Waals surface area contributed by atoms with Gasteiger partial charge in [0, 0.05) is 29.4 Å². The van der Waals surface area contributed by atoms with Crippen LogP contribution in [0.1, 0.15) is 21.5 Å². The van der Waals surface area contributed by atoms with Crippen molar-refractivity contribution < 1.29 is 9.72 Å². The van der Waals surface area contributed by atoms with Gasteiger partial charge in [0.1, 0.15) is 0 Å². The van der Waals surface area contributed by atoms with Crippen LogP contribution in [0, 0.1) is 17.0 Å². The first-order chi connectivity index (χ1) is 10.0. The van der Waals surface area contributed by atoms with Crippen molar-refractivity contribution in [3.63, 3.8) is 0 Å². The Morgan fingerprint density at radius 3 is 2.62 bits per heavy atom. The number of benzene rings is 2. The van der Waals surface area contributed by atoms with E-state index in [4.69, 9.17) is 5.73 Å². The first-order valence-electron chi connectivity index (χ1n) is 6.36. The van der Waals surface area contributed by atoms with Gasteiger partial charge in [-0.25, -0.2) is 0 Å². The molecule has 6 heteroatoms. The van der Waals surface area contributed by atoms with Crippen LogP contribution in [0.15, 0.2) is 42.5 Å². The molecule has 21 heavy (non-hydrogen) atoms. The number of amides is 1. The standard InChI is InChI=1S/C15H15N3O3/c1-10-12(15(16)19)6-4-7-13(10)17-9-11-5-2-3-8-14(11)18(20)21/h2-8,17H,9H2,1H3,(H2,16,19). The second kappa shape index (κ2) is 6.04. The van der Waals surface area contributed by atoms with Crippen LogP contribution in [-0.2, 0) is 6.54 Å². The molecule has 6 nitrogen and oxygen atoms in total. The maximum Gasteiger partial charge on any atom is 0.274 e. The average Bonchev–Trinajstić information content (AvgIpc) is 2.46. The molecule has 0 aromatic heterocycles. The number of nitro benzene ring substituents is 1. The summed E-state index contributed by atoms with van der Waals surface area (Å²) in [5.74, 6) is -0.498. The minimum Gasteiger partial charge on any atom is -0.380 e. The molecule has 0 bridgehead atoms. The number of nitrogens with two attached hydrogens (primary N) is 1. The Bertz CT molecular complexity index is 698. The molecule has 0 aliphatic heterocycles. The lowest BCUT2D eigenvalue weighted by atomic mass is 10.1. The van der Waals surface area contributed by atoms with Crippen molar-refractivity contribution in [1.82, 2.24) is 0 Å².